The van der Waals surface area contributed by atoms with Gasteiger partial charge in [-0.1, -0.05) is 71.7 Å². The van der Waals surface area contributed by atoms with Gasteiger partial charge in [-0.3, -0.25) is 9.59 Å². The lowest BCUT2D eigenvalue weighted by Crippen LogP contribution is -2.50. The van der Waals surface area contributed by atoms with E-state index in [-0.39, 0.29) is 11.4 Å². The van der Waals surface area contributed by atoms with Crippen molar-refractivity contribution in [2.75, 3.05) is 0 Å². The van der Waals surface area contributed by atoms with E-state index >= 15 is 0 Å². The molecule has 2 N–H and O–H groups in total. The van der Waals surface area contributed by atoms with Gasteiger partial charge >= 0.3 is 0 Å². The molecule has 4 rings (SSSR count). The smallest absolute Gasteiger partial charge is 0.262 e. The standard InChI is InChI=1S/C29H28Cl2N4O3/c1-18-23(22-11-7-8-12-26(22)35(18)3)17-32-34-29(37)25(15-20-9-5-4-6-10-20)33-28(36)19(2)38-27-14-13-21(30)16-24(27)31/h4-14,16-17,19,25H,15H2,1-3H3,(H,33,36)(H,34,37)/b32-17-/t19-,25+/m1/s1. The Bertz CT molecular complexity index is 1480. The van der Waals surface area contributed by atoms with Crippen LogP contribution < -0.4 is 15.5 Å². The first kappa shape index (κ1) is 27.2. The molecule has 0 aliphatic rings. The molecule has 4 aromatic rings. The van der Waals surface area contributed by atoms with Crippen molar-refractivity contribution >= 4 is 52.1 Å². The number of hydrogen-bond donors (Lipinski definition) is 2. The van der Waals surface area contributed by atoms with E-state index in [1.165, 1.54) is 6.07 Å². The van der Waals surface area contributed by atoms with Crippen LogP contribution in [0, 0.1) is 6.92 Å². The Balaban J connectivity index is 1.48. The minimum atomic E-state index is -0.915. The summed E-state index contributed by atoms with van der Waals surface area (Å²) in [5.74, 6) is -0.605. The molecule has 2 atom stereocenters. The molecule has 2 amide bonds. The number of rotatable bonds is 9. The van der Waals surface area contributed by atoms with Gasteiger partial charge in [0.2, 0.25) is 0 Å². The van der Waals surface area contributed by atoms with Gasteiger partial charge in [0.05, 0.1) is 11.2 Å². The van der Waals surface area contributed by atoms with Crippen LogP contribution in [-0.2, 0) is 23.1 Å². The van der Waals surface area contributed by atoms with Crippen LogP contribution in [0.3, 0.4) is 0 Å². The lowest BCUT2D eigenvalue weighted by Gasteiger charge is -2.21. The fourth-order valence-electron chi connectivity index (χ4n) is 4.11. The molecular weight excluding hydrogens is 523 g/mol. The van der Waals surface area contributed by atoms with Gasteiger partial charge in [-0.2, -0.15) is 5.10 Å². The number of hydrogen-bond acceptors (Lipinski definition) is 4. The van der Waals surface area contributed by atoms with Gasteiger partial charge in [0.15, 0.2) is 6.10 Å². The van der Waals surface area contributed by atoms with E-state index in [9.17, 15) is 9.59 Å². The minimum absolute atomic E-state index is 0.273. The number of carbonyl (C=O) groups is 2. The molecule has 1 aromatic heterocycles. The van der Waals surface area contributed by atoms with E-state index in [4.69, 9.17) is 27.9 Å². The Morgan fingerprint density at radius 3 is 2.47 bits per heavy atom. The van der Waals surface area contributed by atoms with Crippen molar-refractivity contribution in [3.8, 4) is 5.75 Å². The van der Waals surface area contributed by atoms with Crippen molar-refractivity contribution in [3.63, 3.8) is 0 Å². The Morgan fingerprint density at radius 1 is 1.03 bits per heavy atom. The Kier molecular flexibility index (Phi) is 8.71. The molecular formula is C29H28Cl2N4O3. The summed E-state index contributed by atoms with van der Waals surface area (Å²) in [6.07, 6.45) is 0.988. The molecule has 1 heterocycles. The first-order valence-corrected chi connectivity index (χ1v) is 12.8. The van der Waals surface area contributed by atoms with E-state index in [2.05, 4.69) is 20.4 Å². The predicted octanol–water partition coefficient (Wildman–Crippen LogP) is 5.44. The normalized spacial score (nSPS) is 12.9. The summed E-state index contributed by atoms with van der Waals surface area (Å²) in [4.78, 5) is 26.2. The summed E-state index contributed by atoms with van der Waals surface area (Å²) in [5.41, 5.74) is 6.48. The summed E-state index contributed by atoms with van der Waals surface area (Å²) in [7, 11) is 1.99. The number of aromatic nitrogens is 1. The lowest BCUT2D eigenvalue weighted by atomic mass is 10.1. The van der Waals surface area contributed by atoms with Crippen molar-refractivity contribution in [1.82, 2.24) is 15.3 Å². The molecule has 0 saturated heterocycles. The number of nitrogens with one attached hydrogen (secondary N) is 2. The van der Waals surface area contributed by atoms with Gasteiger partial charge in [0, 0.05) is 40.7 Å². The number of ether oxygens (including phenoxy) is 1. The third kappa shape index (κ3) is 6.36. The second-order valence-electron chi connectivity index (χ2n) is 8.90. The van der Waals surface area contributed by atoms with E-state index in [0.29, 0.717) is 10.8 Å². The first-order valence-electron chi connectivity index (χ1n) is 12.1. The molecule has 38 heavy (non-hydrogen) atoms. The van der Waals surface area contributed by atoms with Crippen molar-refractivity contribution in [2.45, 2.75) is 32.4 Å². The molecule has 0 bridgehead atoms. The highest BCUT2D eigenvalue weighted by Crippen LogP contribution is 2.28. The topological polar surface area (TPSA) is 84.7 Å². The van der Waals surface area contributed by atoms with Crippen LogP contribution in [-0.4, -0.2) is 34.7 Å². The van der Waals surface area contributed by atoms with Crippen LogP contribution in [0.15, 0.2) is 77.9 Å². The first-order chi connectivity index (χ1) is 18.2. The van der Waals surface area contributed by atoms with Gasteiger partial charge < -0.3 is 14.6 Å². The second-order valence-corrected chi connectivity index (χ2v) is 9.74. The molecule has 0 spiro atoms. The summed E-state index contributed by atoms with van der Waals surface area (Å²) in [6.45, 7) is 3.58. The number of carbonyl (C=O) groups excluding carboxylic acids is 2. The number of amides is 2. The van der Waals surface area contributed by atoms with Gasteiger partial charge in [0.1, 0.15) is 11.8 Å². The lowest BCUT2D eigenvalue weighted by molar-refractivity contribution is -0.132. The maximum atomic E-state index is 13.2. The van der Waals surface area contributed by atoms with Crippen LogP contribution in [0.5, 0.6) is 5.75 Å². The van der Waals surface area contributed by atoms with Crippen LogP contribution in [0.4, 0.5) is 0 Å². The molecule has 0 saturated carbocycles. The molecule has 7 nitrogen and oxygen atoms in total. The molecule has 0 fully saturated rings. The highest BCUT2D eigenvalue weighted by molar-refractivity contribution is 6.35. The summed E-state index contributed by atoms with van der Waals surface area (Å²) in [6, 6.07) is 21.3. The highest BCUT2D eigenvalue weighted by atomic mass is 35.5. The van der Waals surface area contributed by atoms with Crippen molar-refractivity contribution < 1.29 is 14.3 Å². The van der Waals surface area contributed by atoms with Gasteiger partial charge in [-0.15, -0.1) is 0 Å². The molecule has 0 radical (unpaired) electrons. The zero-order valence-electron chi connectivity index (χ0n) is 21.2. The van der Waals surface area contributed by atoms with Crippen LogP contribution in [0.1, 0.15) is 23.7 Å². The minimum Gasteiger partial charge on any atom is -0.479 e. The third-order valence-electron chi connectivity index (χ3n) is 6.30. The predicted molar refractivity (Wildman–Crippen MR) is 152 cm³/mol. The Hall–Kier alpha value is -3.81. The van der Waals surface area contributed by atoms with E-state index in [1.807, 2.05) is 68.6 Å². The van der Waals surface area contributed by atoms with Crippen molar-refractivity contribution in [3.05, 3.63) is 99.7 Å². The van der Waals surface area contributed by atoms with Crippen LogP contribution in [0.2, 0.25) is 10.0 Å². The second kappa shape index (κ2) is 12.2. The van der Waals surface area contributed by atoms with E-state index in [0.717, 1.165) is 27.7 Å². The monoisotopic (exact) mass is 550 g/mol. The van der Waals surface area contributed by atoms with Gasteiger partial charge in [-0.25, -0.2) is 5.43 Å². The maximum absolute atomic E-state index is 13.2. The summed E-state index contributed by atoms with van der Waals surface area (Å²) in [5, 5.41) is 8.78. The average Bonchev–Trinajstić information content (AvgIpc) is 3.15. The largest absolute Gasteiger partial charge is 0.479 e. The highest BCUT2D eigenvalue weighted by Gasteiger charge is 2.25. The van der Waals surface area contributed by atoms with Crippen LogP contribution >= 0.6 is 23.2 Å². The fraction of sp³-hybridized carbons (Fsp3) is 0.207. The summed E-state index contributed by atoms with van der Waals surface area (Å²) >= 11 is 12.1. The number of benzene rings is 3. The maximum Gasteiger partial charge on any atom is 0.262 e. The molecule has 196 valence electrons. The Labute approximate surface area is 231 Å². The quantitative estimate of drug-likeness (QED) is 0.215. The Morgan fingerprint density at radius 2 is 1.74 bits per heavy atom. The molecule has 0 aliphatic heterocycles. The van der Waals surface area contributed by atoms with E-state index in [1.54, 1.807) is 25.3 Å². The fourth-order valence-corrected chi connectivity index (χ4v) is 4.57. The number of halogens is 2. The molecule has 0 aliphatic carbocycles. The number of aryl methyl sites for hydroxylation is 1. The summed E-state index contributed by atoms with van der Waals surface area (Å²) < 4.78 is 7.80. The number of para-hydroxylation sites is 1. The van der Waals surface area contributed by atoms with E-state index < -0.39 is 24.0 Å². The third-order valence-corrected chi connectivity index (χ3v) is 6.83. The number of hydrazone groups is 1. The SMILES string of the molecule is Cc1c(/C=N\NC(=O)[C@H](Cc2ccccc2)NC(=O)[C@@H](C)Oc2ccc(Cl)cc2Cl)c2ccccc2n1C. The zero-order chi connectivity index (χ0) is 27.2. The van der Waals surface area contributed by atoms with Gasteiger partial charge in [0.25, 0.3) is 11.8 Å². The zero-order valence-corrected chi connectivity index (χ0v) is 22.8. The molecule has 3 aromatic carbocycles. The van der Waals surface area contributed by atoms with Crippen molar-refractivity contribution in [2.24, 2.45) is 12.1 Å². The van der Waals surface area contributed by atoms with Crippen molar-refractivity contribution in [1.29, 1.82) is 0 Å². The number of nitrogens with zero attached hydrogens (tertiary/aromatic N) is 2. The van der Waals surface area contributed by atoms with Crippen LogP contribution in [0.25, 0.3) is 10.9 Å². The molecule has 0 unspecified atom stereocenters. The average molecular weight is 551 g/mol. The number of fused-ring (bicyclic) bond motifs is 1. The molecule has 9 heteroatoms. The van der Waals surface area contributed by atoms with Gasteiger partial charge in [-0.05, 0) is 43.7 Å².